The second-order valence-corrected chi connectivity index (χ2v) is 14.7. The molecule has 0 saturated carbocycles. The Balaban J connectivity index is 1.19. The molecule has 7 aromatic rings. The van der Waals surface area contributed by atoms with E-state index >= 15 is 0 Å². The van der Waals surface area contributed by atoms with Crippen molar-refractivity contribution < 1.29 is 0 Å². The second-order valence-electron chi connectivity index (χ2n) is 14.7. The molecule has 0 amide bonds. The summed E-state index contributed by atoms with van der Waals surface area (Å²) in [7, 11) is 0. The maximum absolute atomic E-state index is 2.45. The highest BCUT2D eigenvalue weighted by atomic mass is 14.5. The minimum Gasteiger partial charge on any atom is -0.0769 e. The van der Waals surface area contributed by atoms with Crippen molar-refractivity contribution in [3.8, 4) is 33.4 Å². The van der Waals surface area contributed by atoms with E-state index < -0.39 is 0 Å². The molecule has 0 unspecified atom stereocenters. The molecule has 0 fully saturated rings. The first-order chi connectivity index (χ1) is 25.5. The molecule has 0 aromatic heterocycles. The highest BCUT2D eigenvalue weighted by Crippen LogP contribution is 2.62. The third-order valence-electron chi connectivity index (χ3n) is 11.4. The molecular formula is C52H42. The van der Waals surface area contributed by atoms with Gasteiger partial charge in [0.2, 0.25) is 0 Å². The largest absolute Gasteiger partial charge is 0.0769 e. The van der Waals surface area contributed by atoms with Crippen LogP contribution in [0.15, 0.2) is 182 Å². The van der Waals surface area contributed by atoms with Gasteiger partial charge in [-0.25, -0.2) is 0 Å². The molecule has 0 aliphatic heterocycles. The first kappa shape index (κ1) is 32.0. The third kappa shape index (κ3) is 4.97. The lowest BCUT2D eigenvalue weighted by atomic mass is 9.55. The van der Waals surface area contributed by atoms with Gasteiger partial charge in [0.15, 0.2) is 0 Å². The predicted molar refractivity (Wildman–Crippen MR) is 220 cm³/mol. The summed E-state index contributed by atoms with van der Waals surface area (Å²) in [5.41, 5.74) is 19.1. The number of hydrogen-bond acceptors (Lipinski definition) is 0. The van der Waals surface area contributed by atoms with E-state index in [-0.39, 0.29) is 10.8 Å². The van der Waals surface area contributed by atoms with Gasteiger partial charge >= 0.3 is 0 Å². The van der Waals surface area contributed by atoms with E-state index in [4.69, 9.17) is 0 Å². The summed E-state index contributed by atoms with van der Waals surface area (Å²) in [6.07, 6.45) is 7.92. The van der Waals surface area contributed by atoms with Crippen LogP contribution in [0.25, 0.3) is 45.0 Å². The van der Waals surface area contributed by atoms with E-state index in [0.717, 1.165) is 6.42 Å². The summed E-state index contributed by atoms with van der Waals surface area (Å²) in [4.78, 5) is 0. The Morgan fingerprint density at radius 2 is 0.962 bits per heavy atom. The third-order valence-corrected chi connectivity index (χ3v) is 11.4. The van der Waals surface area contributed by atoms with E-state index in [9.17, 15) is 0 Å². The minimum absolute atomic E-state index is 0.101. The van der Waals surface area contributed by atoms with Crippen LogP contribution in [0, 0.1) is 0 Å². The van der Waals surface area contributed by atoms with Crippen LogP contribution in [-0.4, -0.2) is 0 Å². The van der Waals surface area contributed by atoms with Crippen LogP contribution < -0.4 is 0 Å². The van der Waals surface area contributed by atoms with Gasteiger partial charge < -0.3 is 0 Å². The molecule has 9 rings (SSSR count). The van der Waals surface area contributed by atoms with Gasteiger partial charge in [-0.3, -0.25) is 0 Å². The maximum atomic E-state index is 2.45. The molecule has 0 N–H and O–H groups in total. The minimum atomic E-state index is -0.372. The van der Waals surface area contributed by atoms with Crippen LogP contribution in [0.1, 0.15) is 71.7 Å². The Morgan fingerprint density at radius 1 is 0.462 bits per heavy atom. The smallest absolute Gasteiger partial charge is 0.0719 e. The van der Waals surface area contributed by atoms with Crippen LogP contribution in [0.4, 0.5) is 0 Å². The molecule has 7 aromatic carbocycles. The summed E-state index contributed by atoms with van der Waals surface area (Å²) in [6, 6.07) is 63.0. The average molecular weight is 667 g/mol. The molecule has 250 valence electrons. The number of benzene rings is 7. The van der Waals surface area contributed by atoms with Crippen molar-refractivity contribution in [1.29, 1.82) is 0 Å². The standard InChI is InChI=1S/C52H42/c1-4-17-37(29-28-36-32-41(38-18-7-5-8-19-38)34-42(33-36)39-20-9-6-10-21-39)40-30-31-46-44(35-40)43-22-11-12-23-45(43)52(46)49-26-15-13-24-47(49)51(2,3)48-25-14-16-27-50(48)52/h5-35H,4H2,1-3H3/b29-28-,37-17+. The molecule has 0 heterocycles. The van der Waals surface area contributed by atoms with Crippen LogP contribution in [0.3, 0.4) is 0 Å². The van der Waals surface area contributed by atoms with E-state index in [0.29, 0.717) is 0 Å². The van der Waals surface area contributed by atoms with Crippen LogP contribution in [-0.2, 0) is 10.8 Å². The van der Waals surface area contributed by atoms with Crippen molar-refractivity contribution in [3.63, 3.8) is 0 Å². The number of rotatable bonds is 6. The molecule has 2 aliphatic carbocycles. The molecule has 0 radical (unpaired) electrons. The topological polar surface area (TPSA) is 0 Å². The molecular weight excluding hydrogens is 625 g/mol. The van der Waals surface area contributed by atoms with Crippen molar-refractivity contribution in [1.82, 2.24) is 0 Å². The molecule has 0 saturated heterocycles. The normalized spacial score (nSPS) is 14.9. The Kier molecular flexibility index (Phi) is 7.78. The zero-order valence-electron chi connectivity index (χ0n) is 30.1. The summed E-state index contributed by atoms with van der Waals surface area (Å²) in [6.45, 7) is 7.00. The first-order valence-corrected chi connectivity index (χ1v) is 18.6. The van der Waals surface area contributed by atoms with Crippen LogP contribution in [0.2, 0.25) is 0 Å². The first-order valence-electron chi connectivity index (χ1n) is 18.6. The van der Waals surface area contributed by atoms with E-state index in [2.05, 4.69) is 209 Å². The lowest BCUT2D eigenvalue weighted by Crippen LogP contribution is -2.40. The molecule has 0 atom stereocenters. The number of hydrogen-bond donors (Lipinski definition) is 0. The molecule has 0 nitrogen and oxygen atoms in total. The summed E-state index contributed by atoms with van der Waals surface area (Å²) in [5, 5.41) is 0. The van der Waals surface area contributed by atoms with Crippen molar-refractivity contribution in [2.75, 3.05) is 0 Å². The van der Waals surface area contributed by atoms with Crippen LogP contribution in [0.5, 0.6) is 0 Å². The summed E-state index contributed by atoms with van der Waals surface area (Å²) >= 11 is 0. The Labute approximate surface area is 308 Å². The zero-order valence-corrected chi connectivity index (χ0v) is 30.1. The molecule has 52 heavy (non-hydrogen) atoms. The second kappa shape index (κ2) is 12.7. The monoisotopic (exact) mass is 666 g/mol. The van der Waals surface area contributed by atoms with Gasteiger partial charge in [0.05, 0.1) is 5.41 Å². The fourth-order valence-corrected chi connectivity index (χ4v) is 9.07. The van der Waals surface area contributed by atoms with Gasteiger partial charge in [-0.15, -0.1) is 0 Å². The van der Waals surface area contributed by atoms with Crippen LogP contribution >= 0.6 is 0 Å². The quantitative estimate of drug-likeness (QED) is 0.155. The van der Waals surface area contributed by atoms with E-state index in [1.807, 2.05) is 0 Å². The van der Waals surface area contributed by atoms with Gasteiger partial charge in [-0.2, -0.15) is 0 Å². The average Bonchev–Trinajstić information content (AvgIpc) is 3.49. The van der Waals surface area contributed by atoms with E-state index in [1.54, 1.807) is 0 Å². The SMILES string of the molecule is CC/C=C(\C=C/c1cc(-c2ccccc2)cc(-c2ccccc2)c1)c1ccc2c(c1)-c1ccccc1C21c2ccccc2C(C)(C)c2ccccc21. The molecule has 1 spiro atoms. The highest BCUT2D eigenvalue weighted by molar-refractivity contribution is 5.91. The maximum Gasteiger partial charge on any atom is 0.0719 e. The molecule has 0 heteroatoms. The van der Waals surface area contributed by atoms with E-state index in [1.165, 1.54) is 83.5 Å². The Hall–Kier alpha value is -5.98. The zero-order chi connectivity index (χ0) is 35.3. The van der Waals surface area contributed by atoms with Crippen molar-refractivity contribution in [2.45, 2.75) is 38.0 Å². The number of fused-ring (bicyclic) bond motifs is 9. The number of allylic oxidation sites excluding steroid dienone is 3. The fraction of sp³-hybridized carbons (Fsp3) is 0.115. The highest BCUT2D eigenvalue weighted by Gasteiger charge is 2.53. The van der Waals surface area contributed by atoms with Gasteiger partial charge in [0.1, 0.15) is 0 Å². The summed E-state index contributed by atoms with van der Waals surface area (Å²) in [5.74, 6) is 0. The van der Waals surface area contributed by atoms with Gasteiger partial charge in [0.25, 0.3) is 0 Å². The summed E-state index contributed by atoms with van der Waals surface area (Å²) < 4.78 is 0. The predicted octanol–water partition coefficient (Wildman–Crippen LogP) is 13.5. The Bertz CT molecular complexity index is 2400. The van der Waals surface area contributed by atoms with Gasteiger partial charge in [-0.1, -0.05) is 185 Å². The van der Waals surface area contributed by atoms with Crippen molar-refractivity contribution >= 4 is 11.6 Å². The molecule has 2 aliphatic rings. The van der Waals surface area contributed by atoms with Crippen molar-refractivity contribution in [3.05, 3.63) is 227 Å². The van der Waals surface area contributed by atoms with Gasteiger partial charge in [-0.05, 0) is 114 Å². The Morgan fingerprint density at radius 3 is 1.54 bits per heavy atom. The molecule has 0 bridgehead atoms. The van der Waals surface area contributed by atoms with Gasteiger partial charge in [0, 0.05) is 5.41 Å². The lowest BCUT2D eigenvalue weighted by Gasteiger charge is -2.46. The fourth-order valence-electron chi connectivity index (χ4n) is 9.07. The lowest BCUT2D eigenvalue weighted by molar-refractivity contribution is 0.563. The van der Waals surface area contributed by atoms with Crippen molar-refractivity contribution in [2.24, 2.45) is 0 Å².